The van der Waals surface area contributed by atoms with Crippen LogP contribution in [0.2, 0.25) is 0 Å². The molecule has 1 aromatic carbocycles. The lowest BCUT2D eigenvalue weighted by atomic mass is 9.94. The van der Waals surface area contributed by atoms with Gasteiger partial charge in [0.2, 0.25) is 0 Å². The van der Waals surface area contributed by atoms with E-state index in [1.54, 1.807) is 11.3 Å². The maximum Gasteiger partial charge on any atom is 0.274 e. The number of hydrogen-bond acceptors (Lipinski definition) is 4. The zero-order valence-corrected chi connectivity index (χ0v) is 13.9. The second-order valence-electron chi connectivity index (χ2n) is 4.97. The van der Waals surface area contributed by atoms with Crippen molar-refractivity contribution in [2.24, 2.45) is 0 Å². The largest absolute Gasteiger partial charge is 0.378 e. The first-order valence-corrected chi connectivity index (χ1v) is 8.42. The molecule has 0 fully saturated rings. The zero-order valence-electron chi connectivity index (χ0n) is 10.9. The molecule has 0 spiro atoms. The van der Waals surface area contributed by atoms with E-state index in [-0.39, 0.29) is 11.7 Å². The van der Waals surface area contributed by atoms with E-state index in [9.17, 15) is 14.5 Å². The number of hydrogen-bond donors (Lipinski definition) is 1. The van der Waals surface area contributed by atoms with E-state index in [2.05, 4.69) is 34.0 Å². The van der Waals surface area contributed by atoms with E-state index < -0.39 is 10.7 Å². The number of halogens is 2. The van der Waals surface area contributed by atoms with Gasteiger partial charge in [0.15, 0.2) is 0 Å². The molecular weight excluding hydrogens is 406 g/mol. The Morgan fingerprint density at radius 1 is 1.38 bits per heavy atom. The van der Waals surface area contributed by atoms with Crippen LogP contribution in [-0.4, -0.2) is 4.92 Å². The van der Waals surface area contributed by atoms with Gasteiger partial charge in [-0.15, -0.1) is 11.3 Å². The highest BCUT2D eigenvalue weighted by Crippen LogP contribution is 2.38. The minimum Gasteiger partial charge on any atom is -0.378 e. The molecule has 1 aromatic heterocycles. The maximum absolute atomic E-state index is 13.5. The van der Waals surface area contributed by atoms with E-state index in [0.29, 0.717) is 5.69 Å². The van der Waals surface area contributed by atoms with Gasteiger partial charge in [0.1, 0.15) is 5.82 Å². The summed E-state index contributed by atoms with van der Waals surface area (Å²) in [5.74, 6) is -0.595. The first-order valence-electron chi connectivity index (χ1n) is 6.52. The fourth-order valence-electron chi connectivity index (χ4n) is 2.64. The first-order chi connectivity index (χ1) is 10.0. The summed E-state index contributed by atoms with van der Waals surface area (Å²) in [5, 5.41) is 14.1. The number of thiophene rings is 1. The molecule has 1 atom stereocenters. The summed E-state index contributed by atoms with van der Waals surface area (Å²) in [5.41, 5.74) is 1.47. The molecule has 0 bridgehead atoms. The highest BCUT2D eigenvalue weighted by molar-refractivity contribution is 14.1. The molecule has 1 unspecified atom stereocenters. The monoisotopic (exact) mass is 418 g/mol. The summed E-state index contributed by atoms with van der Waals surface area (Å²) in [6.45, 7) is 0. The highest BCUT2D eigenvalue weighted by Gasteiger charge is 2.23. The topological polar surface area (TPSA) is 55.2 Å². The molecule has 1 N–H and O–H groups in total. The molecule has 1 aliphatic rings. The standard InChI is InChI=1S/C14H12FIN2O2S/c15-8-4-9(6-10(5-8)18(19)20)17-12-2-1-3-13-11(12)7-14(16)21-13/h4-7,12,17H,1-3H2. The predicted octanol–water partition coefficient (Wildman–Crippen LogP) is 4.89. The summed E-state index contributed by atoms with van der Waals surface area (Å²) in [6.07, 6.45) is 3.09. The number of nitrogens with one attached hydrogen (secondary N) is 1. The molecule has 4 nitrogen and oxygen atoms in total. The summed E-state index contributed by atoms with van der Waals surface area (Å²) >= 11 is 4.08. The molecule has 110 valence electrons. The Morgan fingerprint density at radius 2 is 2.19 bits per heavy atom. The van der Waals surface area contributed by atoms with E-state index in [1.807, 2.05) is 0 Å². The van der Waals surface area contributed by atoms with E-state index in [4.69, 9.17) is 0 Å². The van der Waals surface area contributed by atoms with Crippen molar-refractivity contribution in [3.8, 4) is 0 Å². The van der Waals surface area contributed by atoms with Gasteiger partial charge >= 0.3 is 0 Å². The average molecular weight is 418 g/mol. The van der Waals surface area contributed by atoms with Crippen LogP contribution in [0.15, 0.2) is 24.3 Å². The number of nitrogens with zero attached hydrogens (tertiary/aromatic N) is 1. The first kappa shape index (κ1) is 14.7. The van der Waals surface area contributed by atoms with Gasteiger partial charge < -0.3 is 5.32 Å². The van der Waals surface area contributed by atoms with E-state index in [0.717, 1.165) is 25.3 Å². The Balaban J connectivity index is 1.89. The van der Waals surface area contributed by atoms with Crippen molar-refractivity contribution >= 4 is 45.3 Å². The number of nitro benzene ring substituents is 1. The van der Waals surface area contributed by atoms with Gasteiger partial charge in [0.25, 0.3) is 5.69 Å². The number of nitro groups is 1. The lowest BCUT2D eigenvalue weighted by Crippen LogP contribution is -2.15. The molecule has 3 rings (SSSR count). The zero-order chi connectivity index (χ0) is 15.0. The molecule has 0 amide bonds. The summed E-state index contributed by atoms with van der Waals surface area (Å²) in [7, 11) is 0. The third-order valence-electron chi connectivity index (χ3n) is 3.52. The van der Waals surface area contributed by atoms with E-state index in [1.165, 1.54) is 25.5 Å². The van der Waals surface area contributed by atoms with Gasteiger partial charge in [-0.2, -0.15) is 0 Å². The number of aryl methyl sites for hydroxylation is 1. The molecule has 0 aliphatic heterocycles. The lowest BCUT2D eigenvalue weighted by molar-refractivity contribution is -0.385. The smallest absolute Gasteiger partial charge is 0.274 e. The summed E-state index contributed by atoms with van der Waals surface area (Å²) in [6, 6.07) is 5.86. The van der Waals surface area contributed by atoms with Crippen LogP contribution in [0.1, 0.15) is 29.3 Å². The second-order valence-corrected chi connectivity index (χ2v) is 8.00. The molecule has 1 heterocycles. The van der Waals surface area contributed by atoms with Crippen LogP contribution in [0, 0.1) is 18.8 Å². The van der Waals surface area contributed by atoms with Crippen LogP contribution in [0.3, 0.4) is 0 Å². The maximum atomic E-state index is 13.5. The van der Waals surface area contributed by atoms with Gasteiger partial charge in [0, 0.05) is 16.6 Å². The molecule has 0 radical (unpaired) electrons. The molecule has 0 saturated carbocycles. The van der Waals surface area contributed by atoms with Crippen molar-refractivity contribution in [1.82, 2.24) is 0 Å². The van der Waals surface area contributed by atoms with Crippen LogP contribution < -0.4 is 5.32 Å². The highest BCUT2D eigenvalue weighted by atomic mass is 127. The summed E-state index contributed by atoms with van der Waals surface area (Å²) in [4.78, 5) is 11.6. The Morgan fingerprint density at radius 3 is 2.95 bits per heavy atom. The van der Waals surface area contributed by atoms with Crippen LogP contribution in [0.4, 0.5) is 15.8 Å². The average Bonchev–Trinajstić information content (AvgIpc) is 2.79. The second kappa shape index (κ2) is 5.88. The quantitative estimate of drug-likeness (QED) is 0.439. The number of non-ortho nitro benzene ring substituents is 1. The fraction of sp³-hybridized carbons (Fsp3) is 0.286. The third kappa shape index (κ3) is 3.18. The van der Waals surface area contributed by atoms with Crippen molar-refractivity contribution < 1.29 is 9.31 Å². The van der Waals surface area contributed by atoms with Crippen LogP contribution in [0.5, 0.6) is 0 Å². The Kier molecular flexibility index (Phi) is 4.12. The van der Waals surface area contributed by atoms with Gasteiger partial charge in [0.05, 0.1) is 19.9 Å². The molecule has 2 aromatic rings. The van der Waals surface area contributed by atoms with Gasteiger partial charge in [-0.05, 0) is 59.5 Å². The van der Waals surface area contributed by atoms with Gasteiger partial charge in [-0.1, -0.05) is 0 Å². The van der Waals surface area contributed by atoms with Crippen molar-refractivity contribution in [1.29, 1.82) is 0 Å². The van der Waals surface area contributed by atoms with Gasteiger partial charge in [-0.3, -0.25) is 10.1 Å². The predicted molar refractivity (Wildman–Crippen MR) is 89.4 cm³/mol. The van der Waals surface area contributed by atoms with Crippen molar-refractivity contribution in [2.45, 2.75) is 25.3 Å². The van der Waals surface area contributed by atoms with Crippen molar-refractivity contribution in [3.63, 3.8) is 0 Å². The third-order valence-corrected chi connectivity index (χ3v) is 5.49. The minimum atomic E-state index is -0.595. The minimum absolute atomic E-state index is 0.0925. The Bertz CT molecular complexity index is 704. The van der Waals surface area contributed by atoms with Crippen molar-refractivity contribution in [2.75, 3.05) is 5.32 Å². The fourth-order valence-corrected chi connectivity index (χ4v) is 4.75. The van der Waals surface area contributed by atoms with Crippen LogP contribution in [0.25, 0.3) is 0 Å². The molecule has 0 saturated heterocycles. The molecule has 21 heavy (non-hydrogen) atoms. The molecular formula is C14H12FIN2O2S. The van der Waals surface area contributed by atoms with Crippen molar-refractivity contribution in [3.05, 3.63) is 53.5 Å². The summed E-state index contributed by atoms with van der Waals surface area (Å²) < 4.78 is 14.7. The lowest BCUT2D eigenvalue weighted by Gasteiger charge is -2.24. The van der Waals surface area contributed by atoms with Crippen LogP contribution in [-0.2, 0) is 6.42 Å². The number of rotatable bonds is 3. The van der Waals surface area contributed by atoms with E-state index >= 15 is 0 Å². The Hall–Kier alpha value is -1.22. The number of fused-ring (bicyclic) bond motifs is 1. The number of anilines is 1. The Labute approximate surface area is 138 Å². The van der Waals surface area contributed by atoms with Gasteiger partial charge in [-0.25, -0.2) is 4.39 Å². The molecule has 1 aliphatic carbocycles. The normalized spacial score (nSPS) is 17.3. The van der Waals surface area contributed by atoms with Crippen LogP contribution >= 0.6 is 33.9 Å². The molecule has 7 heteroatoms. The SMILES string of the molecule is O=[N+]([O-])c1cc(F)cc(NC2CCCc3sc(I)cc32)c1. The number of benzene rings is 1.